The molecule has 11 aromatic rings. The van der Waals surface area contributed by atoms with E-state index in [2.05, 4.69) is 162 Å². The van der Waals surface area contributed by atoms with Gasteiger partial charge < -0.3 is 19.5 Å². The topological polar surface area (TPSA) is 50.3 Å². The molecule has 0 spiro atoms. The first-order chi connectivity index (χ1) is 25.7. The quantitative estimate of drug-likeness (QED) is 0.180. The molecule has 9 aromatic carbocycles. The van der Waals surface area contributed by atoms with Gasteiger partial charge in [-0.3, -0.25) is 0 Å². The second-order valence-electron chi connectivity index (χ2n) is 13.5. The predicted octanol–water partition coefficient (Wildman–Crippen LogP) is 14.1. The summed E-state index contributed by atoms with van der Waals surface area (Å²) in [6.07, 6.45) is 0. The van der Waals surface area contributed by atoms with Crippen molar-refractivity contribution in [2.24, 2.45) is 0 Å². The van der Waals surface area contributed by atoms with E-state index in [1.165, 1.54) is 32.3 Å². The Labute approximate surface area is 298 Å². The highest BCUT2D eigenvalue weighted by Crippen LogP contribution is 2.39. The zero-order chi connectivity index (χ0) is 34.2. The number of nitrogens with one attached hydrogen (secondary N) is 2. The number of anilines is 4. The minimum absolute atomic E-state index is 0.856. The van der Waals surface area contributed by atoms with E-state index in [1.54, 1.807) is 0 Å². The van der Waals surface area contributed by atoms with Crippen molar-refractivity contribution in [2.75, 3.05) is 10.6 Å². The van der Waals surface area contributed by atoms with Crippen LogP contribution < -0.4 is 10.6 Å². The first-order valence-corrected chi connectivity index (χ1v) is 17.6. The molecule has 0 saturated heterocycles. The zero-order valence-corrected chi connectivity index (χ0v) is 28.0. The summed E-state index contributed by atoms with van der Waals surface area (Å²) < 4.78 is 12.7. The molecule has 4 nitrogen and oxygen atoms in total. The Morgan fingerprint density at radius 1 is 0.288 bits per heavy atom. The number of hydrogen-bond acceptors (Lipinski definition) is 4. The van der Waals surface area contributed by atoms with E-state index >= 15 is 0 Å². The summed E-state index contributed by atoms with van der Waals surface area (Å²) in [5.41, 5.74) is 9.65. The van der Waals surface area contributed by atoms with Gasteiger partial charge >= 0.3 is 0 Å². The van der Waals surface area contributed by atoms with E-state index in [0.717, 1.165) is 77.8 Å². The molecule has 0 aliphatic heterocycles. The molecule has 0 fully saturated rings. The molecule has 2 heterocycles. The lowest BCUT2D eigenvalue weighted by Crippen LogP contribution is -1.91. The van der Waals surface area contributed by atoms with E-state index < -0.39 is 0 Å². The summed E-state index contributed by atoms with van der Waals surface area (Å²) in [6, 6.07) is 59.7. The number of fused-ring (bicyclic) bond motifs is 12. The molecule has 2 N–H and O–H groups in total. The molecular weight excluding hydrogens is 637 g/mol. The molecule has 0 aliphatic rings. The van der Waals surface area contributed by atoms with E-state index in [-0.39, 0.29) is 0 Å². The van der Waals surface area contributed by atoms with Gasteiger partial charge in [-0.25, -0.2) is 0 Å². The van der Waals surface area contributed by atoms with E-state index in [0.29, 0.717) is 0 Å². The van der Waals surface area contributed by atoms with Gasteiger partial charge in [0.25, 0.3) is 0 Å². The van der Waals surface area contributed by atoms with Crippen LogP contribution in [-0.2, 0) is 0 Å². The van der Waals surface area contributed by atoms with Crippen LogP contribution in [0.25, 0.3) is 87.3 Å². The molecule has 0 bridgehead atoms. The van der Waals surface area contributed by atoms with Gasteiger partial charge in [-0.05, 0) is 110 Å². The Bertz CT molecular complexity index is 3170. The van der Waals surface area contributed by atoms with Crippen LogP contribution in [0.2, 0.25) is 0 Å². The maximum Gasteiger partial charge on any atom is 0.158 e. The summed E-state index contributed by atoms with van der Waals surface area (Å²) in [6.45, 7) is 0. The average Bonchev–Trinajstić information content (AvgIpc) is 3.76. The maximum absolute atomic E-state index is 6.41. The van der Waals surface area contributed by atoms with Gasteiger partial charge in [-0.2, -0.15) is 0 Å². The van der Waals surface area contributed by atoms with Crippen molar-refractivity contribution >= 4 is 98.9 Å². The first kappa shape index (κ1) is 28.8. The molecule has 0 atom stereocenters. The summed E-state index contributed by atoms with van der Waals surface area (Å²) in [7, 11) is 0. The van der Waals surface area contributed by atoms with Crippen molar-refractivity contribution in [2.45, 2.75) is 0 Å². The monoisotopic (exact) mass is 666 g/mol. The van der Waals surface area contributed by atoms with Crippen LogP contribution in [0.4, 0.5) is 22.7 Å². The van der Waals surface area contributed by atoms with Crippen molar-refractivity contribution in [1.82, 2.24) is 0 Å². The van der Waals surface area contributed by atoms with Gasteiger partial charge in [0.15, 0.2) is 5.58 Å². The van der Waals surface area contributed by atoms with Gasteiger partial charge in [0.05, 0.1) is 5.69 Å². The number of hydrogen-bond donors (Lipinski definition) is 2. The third-order valence-electron chi connectivity index (χ3n) is 10.4. The van der Waals surface area contributed by atoms with Gasteiger partial charge in [0.1, 0.15) is 16.7 Å². The molecule has 0 amide bonds. The predicted molar refractivity (Wildman–Crippen MR) is 218 cm³/mol. The normalized spacial score (nSPS) is 11.8. The smallest absolute Gasteiger partial charge is 0.158 e. The van der Waals surface area contributed by atoms with Crippen LogP contribution in [-0.4, -0.2) is 0 Å². The van der Waals surface area contributed by atoms with Crippen LogP contribution in [0, 0.1) is 0 Å². The molecule has 244 valence electrons. The average molecular weight is 667 g/mol. The van der Waals surface area contributed by atoms with Crippen LogP contribution in [0.3, 0.4) is 0 Å². The van der Waals surface area contributed by atoms with Crippen molar-refractivity contribution in [1.29, 1.82) is 0 Å². The second kappa shape index (κ2) is 11.2. The van der Waals surface area contributed by atoms with Crippen LogP contribution >= 0.6 is 0 Å². The fourth-order valence-electron chi connectivity index (χ4n) is 7.96. The maximum atomic E-state index is 6.41. The first-order valence-electron chi connectivity index (χ1n) is 17.6. The highest BCUT2D eigenvalue weighted by Gasteiger charge is 2.14. The number of furan rings is 2. The fourth-order valence-corrected chi connectivity index (χ4v) is 7.96. The Morgan fingerprint density at radius 3 is 1.65 bits per heavy atom. The van der Waals surface area contributed by atoms with Crippen LogP contribution in [0.1, 0.15) is 0 Å². The van der Waals surface area contributed by atoms with E-state index in [4.69, 9.17) is 8.83 Å². The van der Waals surface area contributed by atoms with E-state index in [1.807, 2.05) is 18.2 Å². The summed E-state index contributed by atoms with van der Waals surface area (Å²) in [5.74, 6) is 0. The third kappa shape index (κ3) is 4.55. The standard InChI is InChI=1S/C48H30N2O2/c1-2-13-36-34(11-1)35-12-3-4-14-37(35)42-27-32(20-23-38(36)42)49-33-21-24-46-43(28-33)40-22-19-30(26-47(40)51-46)29-9-7-10-31(25-29)50-44-17-8-16-41-39-15-5-6-18-45(39)52-48(41)44/h1-28,49-50H. The highest BCUT2D eigenvalue weighted by atomic mass is 16.3. The second-order valence-corrected chi connectivity index (χ2v) is 13.5. The Kier molecular flexibility index (Phi) is 6.22. The Hall–Kier alpha value is -7.04. The van der Waals surface area contributed by atoms with Gasteiger partial charge in [-0.1, -0.05) is 103 Å². The third-order valence-corrected chi connectivity index (χ3v) is 10.4. The van der Waals surface area contributed by atoms with Crippen molar-refractivity contribution in [3.05, 3.63) is 170 Å². The lowest BCUT2D eigenvalue weighted by molar-refractivity contribution is 0.669. The molecule has 0 radical (unpaired) electrons. The molecule has 0 aliphatic carbocycles. The summed E-state index contributed by atoms with van der Waals surface area (Å²) >= 11 is 0. The van der Waals surface area contributed by atoms with Crippen LogP contribution in [0.15, 0.2) is 179 Å². The van der Waals surface area contributed by atoms with Crippen molar-refractivity contribution in [3.63, 3.8) is 0 Å². The molecule has 52 heavy (non-hydrogen) atoms. The van der Waals surface area contributed by atoms with Crippen LogP contribution in [0.5, 0.6) is 0 Å². The van der Waals surface area contributed by atoms with Gasteiger partial charge in [-0.15, -0.1) is 0 Å². The molecule has 0 saturated carbocycles. The highest BCUT2D eigenvalue weighted by molar-refractivity contribution is 6.25. The van der Waals surface area contributed by atoms with Gasteiger partial charge in [0, 0.05) is 38.6 Å². The minimum atomic E-state index is 0.856. The fraction of sp³-hybridized carbons (Fsp3) is 0. The Balaban J connectivity index is 0.915. The number of para-hydroxylation sites is 2. The molecule has 0 unspecified atom stereocenters. The lowest BCUT2D eigenvalue weighted by atomic mass is 9.94. The van der Waals surface area contributed by atoms with Gasteiger partial charge in [0.2, 0.25) is 0 Å². The summed E-state index contributed by atoms with van der Waals surface area (Å²) in [5, 5.41) is 19.3. The number of benzene rings is 9. The zero-order valence-electron chi connectivity index (χ0n) is 28.0. The SMILES string of the molecule is c1cc(Nc2cccc3c2oc2ccccc23)cc(-c2ccc3c(c2)oc2ccc(Nc4ccc5c6ccccc6c6ccccc6c5c4)cc23)c1. The molecule has 11 rings (SSSR count). The number of rotatable bonds is 5. The van der Waals surface area contributed by atoms with Crippen molar-refractivity contribution in [3.8, 4) is 11.1 Å². The van der Waals surface area contributed by atoms with Crippen molar-refractivity contribution < 1.29 is 8.83 Å². The molecule has 2 aromatic heterocycles. The minimum Gasteiger partial charge on any atom is -0.456 e. The molecular formula is C48H30N2O2. The summed E-state index contributed by atoms with van der Waals surface area (Å²) in [4.78, 5) is 0. The van der Waals surface area contributed by atoms with E-state index in [9.17, 15) is 0 Å². The molecule has 4 heteroatoms. The Morgan fingerprint density at radius 2 is 0.846 bits per heavy atom. The largest absolute Gasteiger partial charge is 0.456 e. The lowest BCUT2D eigenvalue weighted by Gasteiger charge is -2.13.